The van der Waals surface area contributed by atoms with Crippen molar-refractivity contribution in [2.24, 2.45) is 20.5 Å². The van der Waals surface area contributed by atoms with E-state index in [9.17, 15) is 53.6 Å². The second-order valence-electron chi connectivity index (χ2n) is 10.1. The van der Waals surface area contributed by atoms with E-state index in [1.807, 2.05) is 12.1 Å². The van der Waals surface area contributed by atoms with Crippen molar-refractivity contribution < 1.29 is 120 Å². The third-order valence-corrected chi connectivity index (χ3v) is 7.78. The van der Waals surface area contributed by atoms with Gasteiger partial charge in [0.15, 0.2) is 0 Å². The van der Waals surface area contributed by atoms with Gasteiger partial charge in [-0.1, -0.05) is 83.7 Å². The first kappa shape index (κ1) is 44.6. The van der Waals surface area contributed by atoms with Gasteiger partial charge in [-0.25, -0.2) is 8.42 Å². The van der Waals surface area contributed by atoms with Crippen LogP contribution in [0.3, 0.4) is 0 Å². The maximum Gasteiger partial charge on any atom is 3.00 e. The van der Waals surface area contributed by atoms with Crippen molar-refractivity contribution in [1.82, 2.24) is 0 Å². The molecule has 0 N–H and O–H groups in total. The molecule has 0 unspecified atom stereocenters. The minimum atomic E-state index is -4.90. The van der Waals surface area contributed by atoms with Gasteiger partial charge in [-0.15, -0.1) is 0 Å². The molecule has 0 heterocycles. The number of nitro benzene ring substituents is 2. The summed E-state index contributed by atoms with van der Waals surface area (Å²) in [5, 5.41) is 85.4. The van der Waals surface area contributed by atoms with Gasteiger partial charge in [0.2, 0.25) is 0 Å². The molecule has 0 amide bonds. The quantitative estimate of drug-likeness (QED) is 0.0655. The van der Waals surface area contributed by atoms with Gasteiger partial charge in [0.1, 0.15) is 10.1 Å². The number of fused-ring (bicyclic) bond motifs is 2. The van der Waals surface area contributed by atoms with E-state index in [1.54, 1.807) is 18.2 Å². The fraction of sp³-hybridized carbons (Fsp3) is 0. The number of benzene rings is 6. The Hall–Kier alpha value is -4.52. The van der Waals surface area contributed by atoms with Crippen LogP contribution in [0.4, 0.5) is 34.1 Å². The van der Waals surface area contributed by atoms with Crippen molar-refractivity contribution in [3.05, 3.63) is 123 Å². The molecule has 0 fully saturated rings. The molecule has 0 saturated carbocycles. The van der Waals surface area contributed by atoms with Crippen LogP contribution in [0.5, 0.6) is 23.0 Å². The molecule has 0 aliphatic rings. The van der Waals surface area contributed by atoms with Gasteiger partial charge in [-0.05, 0) is 34.4 Å². The second kappa shape index (κ2) is 19.0. The minimum Gasteiger partial charge on any atom is -0.871 e. The first-order valence-electron chi connectivity index (χ1n) is 13.9. The Labute approximate surface area is 354 Å². The van der Waals surface area contributed by atoms with Crippen LogP contribution in [0.1, 0.15) is 0 Å². The first-order valence-corrected chi connectivity index (χ1v) is 15.3. The molecule has 6 aromatic carbocycles. The Balaban J connectivity index is 0.000000351. The Morgan fingerprint density at radius 1 is 0.528 bits per heavy atom. The van der Waals surface area contributed by atoms with E-state index in [1.165, 1.54) is 36.4 Å². The molecule has 1 radical (unpaired) electrons. The van der Waals surface area contributed by atoms with E-state index < -0.39 is 53.5 Å². The van der Waals surface area contributed by atoms with Crippen molar-refractivity contribution in [1.29, 1.82) is 0 Å². The summed E-state index contributed by atoms with van der Waals surface area (Å²) in [6, 6.07) is 22.7. The van der Waals surface area contributed by atoms with Crippen LogP contribution in [0.15, 0.2) is 128 Å². The summed E-state index contributed by atoms with van der Waals surface area (Å²) < 4.78 is 34.5. The Morgan fingerprint density at radius 2 is 1.00 bits per heavy atom. The van der Waals surface area contributed by atoms with E-state index in [4.69, 9.17) is 0 Å². The molecule has 0 aliphatic heterocycles. The third kappa shape index (κ3) is 10.6. The number of rotatable bonds is 7. The molecule has 6 aromatic rings. The van der Waals surface area contributed by atoms with Crippen molar-refractivity contribution in [2.45, 2.75) is 4.90 Å². The number of nitro groups is 2. The van der Waals surface area contributed by atoms with Gasteiger partial charge >= 0.3 is 76.5 Å². The average Bonchev–Trinajstić information content (AvgIpc) is 3.08. The molecule has 0 aliphatic carbocycles. The summed E-state index contributed by atoms with van der Waals surface area (Å²) >= 11 is 0. The first-order chi connectivity index (χ1) is 23.7. The summed E-state index contributed by atoms with van der Waals surface area (Å²) in [6.07, 6.45) is 0. The van der Waals surface area contributed by atoms with Gasteiger partial charge in [0.25, 0.3) is 11.4 Å². The molecule has 6 rings (SSSR count). The SMILES string of the molecule is O=[N+]([O-])c1ccc(N=Nc2c([O-])ccc3ccccc23)c([O-])c1.O=[N+]([O-])c1ccc(N=Nc2cc(S(=O)(=O)[O-])c3ccccc3c2[O-])c([O-])c1.[Cr+3].[Na+].[Na+]. The van der Waals surface area contributed by atoms with Crippen molar-refractivity contribution in [2.75, 3.05) is 0 Å². The number of hydrogen-bond donors (Lipinski definition) is 0. The summed E-state index contributed by atoms with van der Waals surface area (Å²) in [6.45, 7) is 0. The fourth-order valence-corrected chi connectivity index (χ4v) is 5.23. The molecule has 0 atom stereocenters. The van der Waals surface area contributed by atoms with Crippen molar-refractivity contribution >= 4 is 65.8 Å². The maximum atomic E-state index is 12.4. The summed E-state index contributed by atoms with van der Waals surface area (Å²) in [5.41, 5.74) is -1.44. The Morgan fingerprint density at radius 3 is 1.51 bits per heavy atom. The molecular formula is C32H17CrN6Na2O11S. The Kier molecular flexibility index (Phi) is 16.0. The number of hydrogen-bond acceptors (Lipinski definition) is 15. The predicted octanol–water partition coefficient (Wildman–Crippen LogP) is -0.469. The number of nitrogens with zero attached hydrogens (tertiary/aromatic N) is 6. The monoisotopic (exact) mass is 791 g/mol. The smallest absolute Gasteiger partial charge is 0.871 e. The van der Waals surface area contributed by atoms with Crippen LogP contribution < -0.4 is 79.5 Å². The van der Waals surface area contributed by atoms with Crippen LogP contribution in [0, 0.1) is 20.2 Å². The van der Waals surface area contributed by atoms with E-state index >= 15 is 0 Å². The van der Waals surface area contributed by atoms with E-state index in [0.29, 0.717) is 5.39 Å². The molecule has 0 spiro atoms. The molecule has 255 valence electrons. The van der Waals surface area contributed by atoms with Crippen molar-refractivity contribution in [3.63, 3.8) is 0 Å². The van der Waals surface area contributed by atoms with Gasteiger partial charge in [-0.3, -0.25) is 20.2 Å². The molecule has 0 aromatic heterocycles. The largest absolute Gasteiger partial charge is 3.00 e. The summed E-state index contributed by atoms with van der Waals surface area (Å²) in [7, 11) is -4.90. The predicted molar refractivity (Wildman–Crippen MR) is 168 cm³/mol. The van der Waals surface area contributed by atoms with Gasteiger partial charge in [-0.2, -0.15) is 20.5 Å². The average molecular weight is 792 g/mol. The molecule has 17 nitrogen and oxygen atoms in total. The van der Waals surface area contributed by atoms with E-state index in [-0.39, 0.29) is 116 Å². The fourth-order valence-electron chi connectivity index (χ4n) is 4.53. The zero-order valence-electron chi connectivity index (χ0n) is 27.3. The maximum absolute atomic E-state index is 12.4. The molecular weight excluding hydrogens is 774 g/mol. The van der Waals surface area contributed by atoms with Crippen LogP contribution in [0.25, 0.3) is 21.5 Å². The Bertz CT molecular complexity index is 2510. The number of non-ortho nitro benzene ring substituents is 2. The van der Waals surface area contributed by atoms with E-state index in [2.05, 4.69) is 20.5 Å². The molecule has 53 heavy (non-hydrogen) atoms. The van der Waals surface area contributed by atoms with E-state index in [0.717, 1.165) is 41.8 Å². The zero-order valence-corrected chi connectivity index (χ0v) is 33.4. The van der Waals surface area contributed by atoms with Gasteiger partial charge < -0.3 is 25.0 Å². The van der Waals surface area contributed by atoms with Gasteiger partial charge in [0.05, 0.1) is 37.5 Å². The number of azo groups is 2. The zero-order chi connectivity index (χ0) is 36.2. The second-order valence-corrected chi connectivity index (χ2v) is 11.4. The third-order valence-electron chi connectivity index (χ3n) is 6.90. The topological polar surface area (TPSA) is 285 Å². The van der Waals surface area contributed by atoms with Crippen LogP contribution in [0.2, 0.25) is 0 Å². The minimum absolute atomic E-state index is 0. The van der Waals surface area contributed by atoms with Crippen molar-refractivity contribution in [3.8, 4) is 23.0 Å². The molecule has 0 bridgehead atoms. The molecule has 0 saturated heterocycles. The van der Waals surface area contributed by atoms with Gasteiger partial charge in [0, 0.05) is 29.7 Å². The summed E-state index contributed by atoms with van der Waals surface area (Å²) in [4.78, 5) is 19.2. The summed E-state index contributed by atoms with van der Waals surface area (Å²) in [5.74, 6) is -2.44. The van der Waals surface area contributed by atoms with Crippen LogP contribution in [-0.4, -0.2) is 22.8 Å². The standard InChI is InChI=1S/C16H11N3O7S.C16H11N3O4.Cr.2Na/c20-14-7-9(19(22)23)5-6-12(14)17-18-13-8-15(27(24,25)26)10-3-1-2-4-11(10)16(13)21;20-14-8-5-10-3-1-2-4-12(10)16(14)18-17-13-7-6-11(19(22)23)9-15(13)21;;;/h1-8,20-21H,(H,24,25,26);1-9,20-21H;;;/q;;+3;2*+1/p-5. The molecule has 21 heteroatoms. The van der Waals surface area contributed by atoms with Crippen LogP contribution >= 0.6 is 0 Å². The van der Waals surface area contributed by atoms with Crippen LogP contribution in [-0.2, 0) is 27.5 Å². The normalized spacial score (nSPS) is 10.9.